The van der Waals surface area contributed by atoms with E-state index in [1.165, 1.54) is 36.4 Å². The lowest BCUT2D eigenvalue weighted by Crippen LogP contribution is -2.20. The van der Waals surface area contributed by atoms with Gasteiger partial charge in [0.15, 0.2) is 0 Å². The third-order valence-corrected chi connectivity index (χ3v) is 2.48. The first-order valence-electron chi connectivity index (χ1n) is 5.62. The Bertz CT molecular complexity index is 678. The van der Waals surface area contributed by atoms with E-state index in [-0.39, 0.29) is 11.3 Å². The summed E-state index contributed by atoms with van der Waals surface area (Å²) >= 11 is 0. The van der Waals surface area contributed by atoms with Gasteiger partial charge in [-0.2, -0.15) is 5.26 Å². The first-order valence-corrected chi connectivity index (χ1v) is 5.62. The lowest BCUT2D eigenvalue weighted by molar-refractivity contribution is 0.262. The molecule has 0 heterocycles. The smallest absolute Gasteiger partial charge is 0.308 e. The molecule has 0 spiro atoms. The van der Waals surface area contributed by atoms with Crippen LogP contribution >= 0.6 is 0 Å². The number of nitrogens with one attached hydrogen (secondary N) is 2. The molecule has 6 heteroatoms. The Hall–Kier alpha value is -2.94. The van der Waals surface area contributed by atoms with Crippen LogP contribution in [0.3, 0.4) is 0 Å². The predicted octanol–water partition coefficient (Wildman–Crippen LogP) is 3.48. The zero-order chi connectivity index (χ0) is 14.5. The number of carbonyl (C=O) groups is 1. The van der Waals surface area contributed by atoms with Crippen molar-refractivity contribution in [2.24, 2.45) is 0 Å². The molecule has 0 unspecified atom stereocenters. The molecule has 0 aliphatic carbocycles. The molecule has 0 bridgehead atoms. The van der Waals surface area contributed by atoms with Gasteiger partial charge in [0.25, 0.3) is 0 Å². The summed E-state index contributed by atoms with van der Waals surface area (Å²) in [6, 6.07) is 10.1. The normalized spacial score (nSPS) is 9.65. The lowest BCUT2D eigenvalue weighted by atomic mass is 10.2. The number of benzene rings is 2. The predicted molar refractivity (Wildman–Crippen MR) is 70.2 cm³/mol. The number of hydrogen-bond donors (Lipinski definition) is 2. The topological polar surface area (TPSA) is 64.9 Å². The van der Waals surface area contributed by atoms with Crippen LogP contribution in [0.5, 0.6) is 0 Å². The van der Waals surface area contributed by atoms with E-state index >= 15 is 0 Å². The van der Waals surface area contributed by atoms with E-state index in [0.29, 0.717) is 5.69 Å². The summed E-state index contributed by atoms with van der Waals surface area (Å²) in [7, 11) is 0. The highest BCUT2D eigenvalue weighted by atomic mass is 19.1. The molecule has 0 aliphatic heterocycles. The Labute approximate surface area is 113 Å². The molecular formula is C14H9F2N3O. The summed E-state index contributed by atoms with van der Waals surface area (Å²) in [5.41, 5.74) is 0.188. The van der Waals surface area contributed by atoms with Crippen molar-refractivity contribution in [2.45, 2.75) is 0 Å². The molecule has 0 saturated carbocycles. The first-order chi connectivity index (χ1) is 9.60. The maximum absolute atomic E-state index is 13.3. The van der Waals surface area contributed by atoms with E-state index in [1.54, 1.807) is 6.07 Å². The van der Waals surface area contributed by atoms with Gasteiger partial charge in [-0.1, -0.05) is 6.07 Å². The zero-order valence-corrected chi connectivity index (χ0v) is 10.2. The van der Waals surface area contributed by atoms with Crippen LogP contribution in [0.25, 0.3) is 0 Å². The standard InChI is InChI=1S/C14H9F2N3O/c15-9-4-6-10(7-5-9)18-14(20)19-13-3-1-2-12(16)11(13)8-17/h1-7H,(H2,18,19,20). The van der Waals surface area contributed by atoms with E-state index in [1.807, 2.05) is 0 Å². The molecule has 0 atom stereocenters. The third-order valence-electron chi connectivity index (χ3n) is 2.48. The highest BCUT2D eigenvalue weighted by molar-refractivity contribution is 6.00. The summed E-state index contributed by atoms with van der Waals surface area (Å²) < 4.78 is 26.0. The molecule has 2 amide bonds. The summed E-state index contributed by atoms with van der Waals surface area (Å²) in [5.74, 6) is -1.14. The van der Waals surface area contributed by atoms with Crippen LogP contribution in [0.1, 0.15) is 5.56 Å². The summed E-state index contributed by atoms with van der Waals surface area (Å²) in [6.07, 6.45) is 0. The van der Waals surface area contributed by atoms with Crippen molar-refractivity contribution in [3.05, 3.63) is 59.7 Å². The van der Waals surface area contributed by atoms with Gasteiger partial charge in [-0.25, -0.2) is 13.6 Å². The van der Waals surface area contributed by atoms with Crippen molar-refractivity contribution >= 4 is 17.4 Å². The van der Waals surface area contributed by atoms with Gasteiger partial charge in [-0.3, -0.25) is 0 Å². The van der Waals surface area contributed by atoms with Crippen molar-refractivity contribution in [3.8, 4) is 6.07 Å². The molecule has 2 aromatic rings. The number of nitriles is 1. The number of rotatable bonds is 2. The van der Waals surface area contributed by atoms with Gasteiger partial charge in [0.1, 0.15) is 23.3 Å². The molecule has 0 radical (unpaired) electrons. The second-order valence-corrected chi connectivity index (χ2v) is 3.86. The van der Waals surface area contributed by atoms with Gasteiger partial charge < -0.3 is 10.6 Å². The second-order valence-electron chi connectivity index (χ2n) is 3.86. The van der Waals surface area contributed by atoms with Crippen molar-refractivity contribution < 1.29 is 13.6 Å². The zero-order valence-electron chi connectivity index (χ0n) is 10.2. The summed E-state index contributed by atoms with van der Waals surface area (Å²) in [6.45, 7) is 0. The molecule has 0 aliphatic rings. The second kappa shape index (κ2) is 5.80. The van der Waals surface area contributed by atoms with Gasteiger partial charge in [-0.05, 0) is 36.4 Å². The number of urea groups is 1. The molecule has 20 heavy (non-hydrogen) atoms. The number of carbonyl (C=O) groups excluding carboxylic acids is 1. The van der Waals surface area contributed by atoms with Crippen LogP contribution in [0.4, 0.5) is 25.0 Å². The number of anilines is 2. The van der Waals surface area contributed by atoms with Gasteiger partial charge >= 0.3 is 6.03 Å². The molecular weight excluding hydrogens is 264 g/mol. The number of nitrogens with zero attached hydrogens (tertiary/aromatic N) is 1. The minimum atomic E-state index is -0.716. The Balaban J connectivity index is 2.11. The summed E-state index contributed by atoms with van der Waals surface area (Å²) in [4.78, 5) is 11.7. The van der Waals surface area contributed by atoms with Crippen molar-refractivity contribution in [1.29, 1.82) is 5.26 Å². The Morgan fingerprint density at radius 1 is 1.05 bits per heavy atom. The van der Waals surface area contributed by atoms with E-state index in [9.17, 15) is 13.6 Å². The highest BCUT2D eigenvalue weighted by Gasteiger charge is 2.10. The van der Waals surface area contributed by atoms with Crippen LogP contribution in [-0.4, -0.2) is 6.03 Å². The molecule has 2 N–H and O–H groups in total. The Kier molecular flexibility index (Phi) is 3.91. The molecule has 0 fully saturated rings. The minimum absolute atomic E-state index is 0.0621. The van der Waals surface area contributed by atoms with Gasteiger partial charge in [0.05, 0.1) is 5.69 Å². The van der Waals surface area contributed by atoms with E-state index in [4.69, 9.17) is 5.26 Å². The lowest BCUT2D eigenvalue weighted by Gasteiger charge is -2.09. The fourth-order valence-corrected chi connectivity index (χ4v) is 1.56. The van der Waals surface area contributed by atoms with E-state index in [2.05, 4.69) is 10.6 Å². The largest absolute Gasteiger partial charge is 0.323 e. The van der Waals surface area contributed by atoms with Gasteiger partial charge in [0, 0.05) is 5.69 Å². The van der Waals surface area contributed by atoms with Crippen molar-refractivity contribution in [3.63, 3.8) is 0 Å². The molecule has 2 rings (SSSR count). The van der Waals surface area contributed by atoms with Crippen LogP contribution < -0.4 is 10.6 Å². The minimum Gasteiger partial charge on any atom is -0.308 e. The Morgan fingerprint density at radius 3 is 2.40 bits per heavy atom. The molecule has 4 nitrogen and oxygen atoms in total. The number of hydrogen-bond acceptors (Lipinski definition) is 2. The average molecular weight is 273 g/mol. The van der Waals surface area contributed by atoms with Gasteiger partial charge in [0.2, 0.25) is 0 Å². The number of amides is 2. The van der Waals surface area contributed by atoms with E-state index in [0.717, 1.165) is 6.07 Å². The average Bonchev–Trinajstić information content (AvgIpc) is 2.42. The molecule has 0 saturated heterocycles. The van der Waals surface area contributed by atoms with Crippen LogP contribution in [0.2, 0.25) is 0 Å². The van der Waals surface area contributed by atoms with Crippen LogP contribution in [-0.2, 0) is 0 Å². The quantitative estimate of drug-likeness (QED) is 0.879. The fraction of sp³-hybridized carbons (Fsp3) is 0. The van der Waals surface area contributed by atoms with Crippen LogP contribution in [0, 0.1) is 23.0 Å². The maximum Gasteiger partial charge on any atom is 0.323 e. The maximum atomic E-state index is 13.3. The SMILES string of the molecule is N#Cc1c(F)cccc1NC(=O)Nc1ccc(F)cc1. The summed E-state index contributed by atoms with van der Waals surface area (Å²) in [5, 5.41) is 13.6. The molecule has 0 aromatic heterocycles. The fourth-order valence-electron chi connectivity index (χ4n) is 1.56. The first kappa shape index (κ1) is 13.5. The van der Waals surface area contributed by atoms with Gasteiger partial charge in [-0.15, -0.1) is 0 Å². The van der Waals surface area contributed by atoms with Crippen molar-refractivity contribution in [2.75, 3.05) is 10.6 Å². The van der Waals surface area contributed by atoms with E-state index < -0.39 is 17.7 Å². The molecule has 100 valence electrons. The third kappa shape index (κ3) is 3.09. The number of halogens is 2. The monoisotopic (exact) mass is 273 g/mol. The molecule has 2 aromatic carbocycles. The highest BCUT2D eigenvalue weighted by Crippen LogP contribution is 2.18. The van der Waals surface area contributed by atoms with Crippen LogP contribution in [0.15, 0.2) is 42.5 Å². The Morgan fingerprint density at radius 2 is 1.75 bits per heavy atom. The van der Waals surface area contributed by atoms with Crippen molar-refractivity contribution in [1.82, 2.24) is 0 Å².